The summed E-state index contributed by atoms with van der Waals surface area (Å²) in [6.45, 7) is 1.01. The summed E-state index contributed by atoms with van der Waals surface area (Å²) in [5, 5.41) is 37.8. The van der Waals surface area contributed by atoms with Gasteiger partial charge >= 0.3 is 0 Å². The number of piperidine rings is 1. The molecule has 5 heteroatoms. The predicted molar refractivity (Wildman–Crippen MR) is 44.0 cm³/mol. The van der Waals surface area contributed by atoms with E-state index in [1.165, 1.54) is 0 Å². The molecule has 2 heterocycles. The van der Waals surface area contributed by atoms with Crippen LogP contribution in [0.1, 0.15) is 6.42 Å². The fourth-order valence-electron chi connectivity index (χ4n) is 2.30. The maximum atomic E-state index is 9.58. The molecule has 0 bridgehead atoms. The average Bonchev–Trinajstić information content (AvgIpc) is 2.43. The molecule has 5 nitrogen and oxygen atoms in total. The Labute approximate surface area is 76.2 Å². The second kappa shape index (κ2) is 3.18. The highest BCUT2D eigenvalue weighted by atomic mass is 16.4. The summed E-state index contributed by atoms with van der Waals surface area (Å²) in [7, 11) is 0. The van der Waals surface area contributed by atoms with E-state index in [0.29, 0.717) is 19.5 Å². The zero-order valence-corrected chi connectivity index (χ0v) is 7.24. The molecule has 0 aliphatic carbocycles. The monoisotopic (exact) mass is 189 g/mol. The molecule has 0 saturated carbocycles. The molecule has 2 aliphatic heterocycles. The van der Waals surface area contributed by atoms with Crippen LogP contribution in [0.2, 0.25) is 0 Å². The van der Waals surface area contributed by atoms with E-state index in [9.17, 15) is 20.4 Å². The van der Waals surface area contributed by atoms with Gasteiger partial charge in [0.2, 0.25) is 0 Å². The lowest BCUT2D eigenvalue weighted by Crippen LogP contribution is -2.61. The molecule has 0 unspecified atom stereocenters. The number of nitrogens with zero attached hydrogens (tertiary/aromatic N) is 1. The Morgan fingerprint density at radius 1 is 0.923 bits per heavy atom. The van der Waals surface area contributed by atoms with Crippen molar-refractivity contribution in [1.82, 2.24) is 4.90 Å². The van der Waals surface area contributed by atoms with Crippen molar-refractivity contribution in [2.45, 2.75) is 36.9 Å². The predicted octanol–water partition coefficient (Wildman–Crippen LogP) is -2.48. The first-order valence-corrected chi connectivity index (χ1v) is 4.57. The van der Waals surface area contributed by atoms with E-state index in [4.69, 9.17) is 0 Å². The molecule has 2 aliphatic rings. The third-order valence-electron chi connectivity index (χ3n) is 3.04. The lowest BCUT2D eigenvalue weighted by Gasteiger charge is -2.40. The first-order chi connectivity index (χ1) is 6.11. The van der Waals surface area contributed by atoms with Crippen molar-refractivity contribution in [2.24, 2.45) is 0 Å². The first kappa shape index (κ1) is 9.36. The van der Waals surface area contributed by atoms with Crippen molar-refractivity contribution in [1.29, 1.82) is 0 Å². The van der Waals surface area contributed by atoms with Gasteiger partial charge in [-0.15, -0.1) is 0 Å². The van der Waals surface area contributed by atoms with E-state index in [-0.39, 0.29) is 0 Å². The average molecular weight is 189 g/mol. The minimum Gasteiger partial charge on any atom is -0.391 e. The Morgan fingerprint density at radius 2 is 1.62 bits per heavy atom. The van der Waals surface area contributed by atoms with E-state index >= 15 is 0 Å². The second-order valence-corrected chi connectivity index (χ2v) is 3.89. The van der Waals surface area contributed by atoms with Gasteiger partial charge < -0.3 is 20.4 Å². The number of fused-ring (bicyclic) bond motifs is 1. The molecule has 0 spiro atoms. The molecule has 13 heavy (non-hydrogen) atoms. The molecule has 76 valence electrons. The Kier molecular flexibility index (Phi) is 2.29. The molecule has 2 saturated heterocycles. The van der Waals surface area contributed by atoms with Crippen LogP contribution < -0.4 is 0 Å². The summed E-state index contributed by atoms with van der Waals surface area (Å²) in [5.41, 5.74) is 0. The van der Waals surface area contributed by atoms with Gasteiger partial charge in [0.15, 0.2) is 0 Å². The third-order valence-corrected chi connectivity index (χ3v) is 3.04. The maximum Gasteiger partial charge on any atom is 0.109 e. The SMILES string of the molecule is O[C@@H]1[C@@H](O)[C@@H](O)CN2CC[C@@H](O)[C@H]12. The number of hydrogen-bond acceptors (Lipinski definition) is 5. The Morgan fingerprint density at radius 3 is 2.31 bits per heavy atom. The Hall–Kier alpha value is -0.200. The van der Waals surface area contributed by atoms with Gasteiger partial charge in [0.05, 0.1) is 18.2 Å². The van der Waals surface area contributed by atoms with E-state index in [2.05, 4.69) is 0 Å². The standard InChI is InChI=1S/C8H15NO4/c10-4-1-2-9-3-5(11)7(12)8(13)6(4)9/h4-8,10-13H,1-3H2/t4-,5+,6-,7+,8+/m1/s1. The maximum absolute atomic E-state index is 9.58. The van der Waals surface area contributed by atoms with Crippen LogP contribution in [-0.2, 0) is 0 Å². The smallest absolute Gasteiger partial charge is 0.109 e. The van der Waals surface area contributed by atoms with E-state index in [1.807, 2.05) is 4.90 Å². The molecular weight excluding hydrogens is 174 g/mol. The minimum absolute atomic E-state index is 0.333. The second-order valence-electron chi connectivity index (χ2n) is 3.89. The number of aliphatic hydroxyl groups is 4. The largest absolute Gasteiger partial charge is 0.391 e. The van der Waals surface area contributed by atoms with Crippen LogP contribution in [0.4, 0.5) is 0 Å². The van der Waals surface area contributed by atoms with Gasteiger partial charge in [-0.3, -0.25) is 4.90 Å². The van der Waals surface area contributed by atoms with Gasteiger partial charge in [-0.1, -0.05) is 0 Å². The van der Waals surface area contributed by atoms with Gasteiger partial charge in [-0.25, -0.2) is 0 Å². The molecule has 5 atom stereocenters. The number of rotatable bonds is 0. The van der Waals surface area contributed by atoms with Gasteiger partial charge in [0.25, 0.3) is 0 Å². The van der Waals surface area contributed by atoms with Crippen LogP contribution in [0.3, 0.4) is 0 Å². The molecule has 0 amide bonds. The fraction of sp³-hybridized carbons (Fsp3) is 1.00. The Balaban J connectivity index is 2.15. The number of aliphatic hydroxyl groups excluding tert-OH is 4. The molecule has 0 aromatic heterocycles. The van der Waals surface area contributed by atoms with E-state index in [0.717, 1.165) is 0 Å². The van der Waals surface area contributed by atoms with Crippen LogP contribution in [0.5, 0.6) is 0 Å². The van der Waals surface area contributed by atoms with Crippen molar-refractivity contribution in [3.8, 4) is 0 Å². The van der Waals surface area contributed by atoms with E-state index in [1.54, 1.807) is 0 Å². The topological polar surface area (TPSA) is 84.2 Å². The van der Waals surface area contributed by atoms with Gasteiger partial charge in [-0.2, -0.15) is 0 Å². The quantitative estimate of drug-likeness (QED) is 0.339. The molecule has 4 N–H and O–H groups in total. The highest BCUT2D eigenvalue weighted by Crippen LogP contribution is 2.27. The van der Waals surface area contributed by atoms with Crippen molar-refractivity contribution >= 4 is 0 Å². The summed E-state index contributed by atoms with van der Waals surface area (Å²) < 4.78 is 0. The fourth-order valence-corrected chi connectivity index (χ4v) is 2.30. The van der Waals surface area contributed by atoms with E-state index < -0.39 is 30.5 Å². The minimum atomic E-state index is -1.13. The van der Waals surface area contributed by atoms with Crippen LogP contribution in [0.15, 0.2) is 0 Å². The zero-order chi connectivity index (χ0) is 9.59. The molecular formula is C8H15NO4. The van der Waals surface area contributed by atoms with Crippen molar-refractivity contribution in [3.63, 3.8) is 0 Å². The highest BCUT2D eigenvalue weighted by molar-refractivity contribution is 5.01. The molecule has 0 aromatic rings. The summed E-state index contributed by atoms with van der Waals surface area (Å²) >= 11 is 0. The summed E-state index contributed by atoms with van der Waals surface area (Å²) in [5.74, 6) is 0. The Bertz CT molecular complexity index is 201. The normalized spacial score (nSPS) is 52.2. The highest BCUT2D eigenvalue weighted by Gasteiger charge is 2.47. The first-order valence-electron chi connectivity index (χ1n) is 4.57. The van der Waals surface area contributed by atoms with Gasteiger partial charge in [0.1, 0.15) is 12.2 Å². The van der Waals surface area contributed by atoms with Crippen LogP contribution in [0.25, 0.3) is 0 Å². The van der Waals surface area contributed by atoms with Crippen LogP contribution in [-0.4, -0.2) is 68.9 Å². The van der Waals surface area contributed by atoms with Gasteiger partial charge in [-0.05, 0) is 6.42 Å². The van der Waals surface area contributed by atoms with Crippen LogP contribution >= 0.6 is 0 Å². The summed E-state index contributed by atoms with van der Waals surface area (Å²) in [4.78, 5) is 1.83. The molecule has 2 fully saturated rings. The molecule has 0 radical (unpaired) electrons. The lowest BCUT2D eigenvalue weighted by molar-refractivity contribution is -0.140. The number of hydrogen-bond donors (Lipinski definition) is 4. The third kappa shape index (κ3) is 1.37. The summed E-state index contributed by atoms with van der Waals surface area (Å²) in [6, 6.07) is -0.404. The summed E-state index contributed by atoms with van der Waals surface area (Å²) in [6.07, 6.45) is -3.06. The van der Waals surface area contributed by atoms with Crippen molar-refractivity contribution in [3.05, 3.63) is 0 Å². The molecule has 2 rings (SSSR count). The van der Waals surface area contributed by atoms with Gasteiger partial charge in [0, 0.05) is 13.1 Å². The zero-order valence-electron chi connectivity index (χ0n) is 7.24. The lowest BCUT2D eigenvalue weighted by atomic mass is 9.93. The van der Waals surface area contributed by atoms with Crippen LogP contribution in [0, 0.1) is 0 Å². The van der Waals surface area contributed by atoms with Crippen molar-refractivity contribution < 1.29 is 20.4 Å². The van der Waals surface area contributed by atoms with Crippen molar-refractivity contribution in [2.75, 3.05) is 13.1 Å². The molecule has 0 aromatic carbocycles.